The predicted molar refractivity (Wildman–Crippen MR) is 128 cm³/mol. The van der Waals surface area contributed by atoms with Crippen molar-refractivity contribution in [2.24, 2.45) is 5.10 Å². The van der Waals surface area contributed by atoms with E-state index in [1.807, 2.05) is 51.1 Å². The van der Waals surface area contributed by atoms with Crippen molar-refractivity contribution < 1.29 is 19.1 Å². The number of rotatable bonds is 9. The van der Waals surface area contributed by atoms with Crippen LogP contribution in [0.15, 0.2) is 59.7 Å². The predicted octanol–water partition coefficient (Wildman–Crippen LogP) is 4.36. The third-order valence-corrected chi connectivity index (χ3v) is 5.12. The Morgan fingerprint density at radius 1 is 1.00 bits per heavy atom. The Morgan fingerprint density at radius 3 is 2.33 bits per heavy atom. The van der Waals surface area contributed by atoms with Crippen molar-refractivity contribution >= 4 is 18.1 Å². The van der Waals surface area contributed by atoms with E-state index in [1.54, 1.807) is 37.4 Å². The average molecular weight is 448 g/mol. The van der Waals surface area contributed by atoms with Gasteiger partial charge in [0, 0.05) is 28.2 Å². The molecule has 1 heterocycles. The van der Waals surface area contributed by atoms with Crippen molar-refractivity contribution in [1.29, 1.82) is 0 Å². The molecule has 0 atom stereocenters. The van der Waals surface area contributed by atoms with Crippen LogP contribution in [0.1, 0.15) is 46.7 Å². The van der Waals surface area contributed by atoms with Crippen LogP contribution in [0.3, 0.4) is 0 Å². The molecule has 0 aliphatic rings. The van der Waals surface area contributed by atoms with E-state index in [-0.39, 0.29) is 18.3 Å². The number of benzene rings is 2. The first-order valence-corrected chi connectivity index (χ1v) is 10.9. The number of hydrazone groups is 1. The molecule has 0 aliphatic carbocycles. The molecule has 0 fully saturated rings. The Morgan fingerprint density at radius 2 is 1.70 bits per heavy atom. The molecule has 1 amide bonds. The smallest absolute Gasteiger partial charge is 0.310 e. The highest BCUT2D eigenvalue weighted by atomic mass is 16.5. The van der Waals surface area contributed by atoms with E-state index in [1.165, 1.54) is 0 Å². The Balaban J connectivity index is 1.68. The minimum atomic E-state index is -0.291. The van der Waals surface area contributed by atoms with Gasteiger partial charge in [-0.15, -0.1) is 0 Å². The SMILES string of the molecule is CCOC(=O)Cc1ccc(-n2c(C)cc(/C=N/NC(=O)c3ccc(OCC)cc3)c2C)cc1. The van der Waals surface area contributed by atoms with Gasteiger partial charge in [-0.3, -0.25) is 9.59 Å². The summed E-state index contributed by atoms with van der Waals surface area (Å²) < 4.78 is 12.5. The lowest BCUT2D eigenvalue weighted by Crippen LogP contribution is -2.17. The summed E-state index contributed by atoms with van der Waals surface area (Å²) in [6.45, 7) is 8.67. The van der Waals surface area contributed by atoms with E-state index < -0.39 is 0 Å². The second-order valence-electron chi connectivity index (χ2n) is 7.47. The van der Waals surface area contributed by atoms with Gasteiger partial charge in [0.25, 0.3) is 5.91 Å². The lowest BCUT2D eigenvalue weighted by Gasteiger charge is -2.10. The Bertz CT molecular complexity index is 1130. The van der Waals surface area contributed by atoms with Gasteiger partial charge in [0.15, 0.2) is 0 Å². The van der Waals surface area contributed by atoms with Crippen molar-refractivity contribution in [1.82, 2.24) is 9.99 Å². The summed E-state index contributed by atoms with van der Waals surface area (Å²) in [6.07, 6.45) is 1.89. The number of ether oxygens (including phenoxy) is 2. The number of esters is 1. The molecule has 0 spiro atoms. The summed E-state index contributed by atoms with van der Waals surface area (Å²) in [5, 5.41) is 4.13. The number of hydrogen-bond donors (Lipinski definition) is 1. The Labute approximate surface area is 194 Å². The zero-order valence-corrected chi connectivity index (χ0v) is 19.4. The minimum Gasteiger partial charge on any atom is -0.494 e. The van der Waals surface area contributed by atoms with E-state index >= 15 is 0 Å². The second-order valence-corrected chi connectivity index (χ2v) is 7.47. The number of carbonyl (C=O) groups excluding carboxylic acids is 2. The van der Waals surface area contributed by atoms with Crippen molar-refractivity contribution in [3.05, 3.63) is 82.7 Å². The Hall–Kier alpha value is -3.87. The van der Waals surface area contributed by atoms with Crippen LogP contribution in [-0.2, 0) is 16.0 Å². The zero-order valence-electron chi connectivity index (χ0n) is 19.4. The first-order valence-electron chi connectivity index (χ1n) is 10.9. The number of carbonyl (C=O) groups is 2. The molecular formula is C26H29N3O4. The van der Waals surface area contributed by atoms with Crippen LogP contribution in [0.5, 0.6) is 5.75 Å². The fourth-order valence-electron chi connectivity index (χ4n) is 3.55. The lowest BCUT2D eigenvalue weighted by molar-refractivity contribution is -0.142. The van der Waals surface area contributed by atoms with Crippen LogP contribution in [0.4, 0.5) is 0 Å². The maximum Gasteiger partial charge on any atom is 0.310 e. The van der Waals surface area contributed by atoms with Crippen LogP contribution in [-0.4, -0.2) is 35.9 Å². The second kappa shape index (κ2) is 11.1. The molecule has 2 aromatic carbocycles. The van der Waals surface area contributed by atoms with Crippen molar-refractivity contribution in [2.75, 3.05) is 13.2 Å². The normalized spacial score (nSPS) is 10.9. The van der Waals surface area contributed by atoms with Crippen LogP contribution < -0.4 is 10.2 Å². The summed E-state index contributed by atoms with van der Waals surface area (Å²) in [7, 11) is 0. The lowest BCUT2D eigenvalue weighted by atomic mass is 10.1. The van der Waals surface area contributed by atoms with Gasteiger partial charge in [-0.2, -0.15) is 5.10 Å². The highest BCUT2D eigenvalue weighted by molar-refractivity contribution is 5.95. The molecular weight excluding hydrogens is 418 g/mol. The first-order chi connectivity index (χ1) is 15.9. The molecule has 172 valence electrons. The summed E-state index contributed by atoms with van der Waals surface area (Å²) in [5.41, 5.74) is 7.88. The average Bonchev–Trinajstić information content (AvgIpc) is 3.08. The molecule has 0 saturated heterocycles. The van der Waals surface area contributed by atoms with Gasteiger partial charge >= 0.3 is 5.97 Å². The highest BCUT2D eigenvalue weighted by Gasteiger charge is 2.11. The standard InChI is InChI=1S/C26H29N3O4/c1-5-32-24-13-9-21(10-14-24)26(31)28-27-17-22-15-18(3)29(19(22)4)23-11-7-20(8-12-23)16-25(30)33-6-2/h7-15,17H,5-6,16H2,1-4H3,(H,28,31)/b27-17+. The summed E-state index contributed by atoms with van der Waals surface area (Å²) >= 11 is 0. The Kier molecular flexibility index (Phi) is 8.02. The molecule has 1 aromatic heterocycles. The fraction of sp³-hybridized carbons (Fsp3) is 0.269. The number of amides is 1. The van der Waals surface area contributed by atoms with Crippen LogP contribution >= 0.6 is 0 Å². The molecule has 0 aliphatic heterocycles. The van der Waals surface area contributed by atoms with Crippen molar-refractivity contribution in [3.8, 4) is 11.4 Å². The molecule has 33 heavy (non-hydrogen) atoms. The number of aryl methyl sites for hydroxylation is 1. The van der Waals surface area contributed by atoms with Crippen molar-refractivity contribution in [3.63, 3.8) is 0 Å². The molecule has 0 unspecified atom stereocenters. The molecule has 3 rings (SSSR count). The number of hydrogen-bond acceptors (Lipinski definition) is 5. The van der Waals surface area contributed by atoms with Gasteiger partial charge in [-0.25, -0.2) is 5.43 Å². The van der Waals surface area contributed by atoms with E-state index in [2.05, 4.69) is 15.1 Å². The van der Waals surface area contributed by atoms with E-state index in [4.69, 9.17) is 9.47 Å². The van der Waals surface area contributed by atoms with Gasteiger partial charge in [0.1, 0.15) is 5.75 Å². The van der Waals surface area contributed by atoms with E-state index in [0.717, 1.165) is 34.0 Å². The van der Waals surface area contributed by atoms with Gasteiger partial charge in [0.05, 0.1) is 25.8 Å². The number of nitrogens with one attached hydrogen (secondary N) is 1. The van der Waals surface area contributed by atoms with E-state index in [9.17, 15) is 9.59 Å². The monoisotopic (exact) mass is 447 g/mol. The molecule has 0 saturated carbocycles. The molecule has 0 radical (unpaired) electrons. The minimum absolute atomic E-state index is 0.232. The third kappa shape index (κ3) is 6.10. The molecule has 7 nitrogen and oxygen atoms in total. The molecule has 0 bridgehead atoms. The molecule has 1 N–H and O–H groups in total. The van der Waals surface area contributed by atoms with Gasteiger partial charge < -0.3 is 14.0 Å². The first kappa shape index (κ1) is 23.8. The maximum absolute atomic E-state index is 12.3. The summed E-state index contributed by atoms with van der Waals surface area (Å²) in [4.78, 5) is 24.0. The van der Waals surface area contributed by atoms with E-state index in [0.29, 0.717) is 18.8 Å². The van der Waals surface area contributed by atoms with Crippen LogP contribution in [0, 0.1) is 13.8 Å². The van der Waals surface area contributed by atoms with Gasteiger partial charge in [-0.1, -0.05) is 12.1 Å². The summed E-state index contributed by atoms with van der Waals surface area (Å²) in [5.74, 6) is 0.198. The van der Waals surface area contributed by atoms with Gasteiger partial charge in [-0.05, 0) is 75.7 Å². The van der Waals surface area contributed by atoms with Crippen LogP contribution in [0.25, 0.3) is 5.69 Å². The van der Waals surface area contributed by atoms with Gasteiger partial charge in [0.2, 0.25) is 0 Å². The van der Waals surface area contributed by atoms with Crippen molar-refractivity contribution in [2.45, 2.75) is 34.1 Å². The zero-order chi connectivity index (χ0) is 23.8. The topological polar surface area (TPSA) is 81.9 Å². The molecule has 3 aromatic rings. The van der Waals surface area contributed by atoms with Crippen LogP contribution in [0.2, 0.25) is 0 Å². The highest BCUT2D eigenvalue weighted by Crippen LogP contribution is 2.20. The number of aromatic nitrogens is 1. The fourth-order valence-corrected chi connectivity index (χ4v) is 3.55. The third-order valence-electron chi connectivity index (χ3n) is 5.12. The maximum atomic E-state index is 12.3. The quantitative estimate of drug-likeness (QED) is 0.300. The number of nitrogens with zero attached hydrogens (tertiary/aromatic N) is 2. The summed E-state index contributed by atoms with van der Waals surface area (Å²) in [6, 6.07) is 16.7. The largest absolute Gasteiger partial charge is 0.494 e. The molecule has 7 heteroatoms.